The van der Waals surface area contributed by atoms with Crippen molar-refractivity contribution in [3.05, 3.63) is 71.3 Å². The van der Waals surface area contributed by atoms with E-state index in [1.165, 1.54) is 56.4 Å². The summed E-state index contributed by atoms with van der Waals surface area (Å²) in [4.78, 5) is 25.8. The van der Waals surface area contributed by atoms with Crippen LogP contribution in [0.4, 0.5) is 13.2 Å². The maximum Gasteiger partial charge on any atom is 0.446 e. The predicted molar refractivity (Wildman–Crippen MR) is 151 cm³/mol. The summed E-state index contributed by atoms with van der Waals surface area (Å²) in [7, 11) is 2.36. The van der Waals surface area contributed by atoms with Gasteiger partial charge in [0.1, 0.15) is 0 Å². The quantitative estimate of drug-likeness (QED) is 0.258. The van der Waals surface area contributed by atoms with Crippen molar-refractivity contribution >= 4 is 12.3 Å². The van der Waals surface area contributed by atoms with E-state index < -0.39 is 12.5 Å². The number of esters is 1. The monoisotopic (exact) mass is 560 g/mol. The van der Waals surface area contributed by atoms with Crippen LogP contribution < -0.4 is 0 Å². The molecule has 0 bridgehead atoms. The second-order valence-corrected chi connectivity index (χ2v) is 10.9. The minimum Gasteiger partial charge on any atom is -0.462 e. The number of hydrogen-bond acceptors (Lipinski definition) is 5. The number of aryl methyl sites for hydroxylation is 1. The van der Waals surface area contributed by atoms with Crippen molar-refractivity contribution in [2.75, 3.05) is 33.3 Å². The summed E-state index contributed by atoms with van der Waals surface area (Å²) in [6.07, 6.45) is 0.643. The Kier molecular flexibility index (Phi) is 11.3. The highest BCUT2D eigenvalue weighted by molar-refractivity contribution is 5.89. The van der Waals surface area contributed by atoms with Gasteiger partial charge >= 0.3 is 12.1 Å². The van der Waals surface area contributed by atoms with Crippen molar-refractivity contribution in [1.29, 1.82) is 0 Å². The van der Waals surface area contributed by atoms with E-state index in [1.54, 1.807) is 0 Å². The molecule has 1 aliphatic heterocycles. The Morgan fingerprint density at radius 2 is 1.68 bits per heavy atom. The molecule has 0 amide bonds. The Balaban J connectivity index is 0.000000491. The Morgan fingerprint density at radius 1 is 1.07 bits per heavy atom. The van der Waals surface area contributed by atoms with Crippen LogP contribution in [0.3, 0.4) is 0 Å². The third-order valence-corrected chi connectivity index (χ3v) is 8.08. The molecule has 220 valence electrons. The van der Waals surface area contributed by atoms with E-state index in [1.807, 2.05) is 32.9 Å². The summed E-state index contributed by atoms with van der Waals surface area (Å²) in [5.74, 6) is 0.522. The summed E-state index contributed by atoms with van der Waals surface area (Å²) in [6.45, 7) is 10.0. The van der Waals surface area contributed by atoms with Crippen molar-refractivity contribution in [2.45, 2.75) is 77.1 Å². The third-order valence-electron chi connectivity index (χ3n) is 8.08. The first kappa shape index (κ1) is 31.8. The summed E-state index contributed by atoms with van der Waals surface area (Å²) in [5, 5.41) is 0. The Hall–Kier alpha value is -2.71. The molecule has 2 aromatic carbocycles. The van der Waals surface area contributed by atoms with E-state index in [-0.39, 0.29) is 5.97 Å². The first-order valence-electron chi connectivity index (χ1n) is 14.4. The Labute approximate surface area is 236 Å². The van der Waals surface area contributed by atoms with Crippen molar-refractivity contribution in [3.8, 4) is 0 Å². The molecule has 2 atom stereocenters. The number of aldehydes is 1. The molecule has 0 aromatic heterocycles. The molecule has 2 aliphatic carbocycles. The molecule has 5 nitrogen and oxygen atoms in total. The molecule has 2 saturated carbocycles. The number of nitrogens with zero attached hydrogens (tertiary/aromatic N) is 2. The molecule has 1 spiro atoms. The molecule has 40 heavy (non-hydrogen) atoms. The Morgan fingerprint density at radius 3 is 2.23 bits per heavy atom. The lowest BCUT2D eigenvalue weighted by Crippen LogP contribution is -2.66. The van der Waals surface area contributed by atoms with Gasteiger partial charge in [-0.2, -0.15) is 13.2 Å². The number of rotatable bonds is 9. The molecule has 2 unspecified atom stereocenters. The van der Waals surface area contributed by atoms with Crippen LogP contribution in [-0.2, 0) is 16.0 Å². The van der Waals surface area contributed by atoms with Gasteiger partial charge < -0.3 is 9.64 Å². The SMILES string of the molecule is CC.CCOC(=O)c1ccc(CCCN2CC3(CC(N(C)C4CC4c4ccccc4)C3)C2)cc1.O=CC(F)(F)F. The molecule has 0 radical (unpaired) electrons. The zero-order valence-corrected chi connectivity index (χ0v) is 24.1. The Bertz CT molecular complexity index is 1060. The number of carbonyl (C=O) groups excluding carboxylic acids is 2. The third kappa shape index (κ3) is 8.64. The van der Waals surface area contributed by atoms with Crippen molar-refractivity contribution in [3.63, 3.8) is 0 Å². The van der Waals surface area contributed by atoms with Gasteiger partial charge in [0.2, 0.25) is 6.29 Å². The van der Waals surface area contributed by atoms with E-state index in [0.29, 0.717) is 17.6 Å². The highest BCUT2D eigenvalue weighted by Gasteiger charge is 2.55. The van der Waals surface area contributed by atoms with Crippen LogP contribution in [0.25, 0.3) is 0 Å². The number of benzene rings is 2. The standard InChI is InChI=1S/C28H36N2O2.C2HF3O.C2H6/c1-3-32-27(31)23-13-11-21(12-14-23)8-7-15-30-19-28(20-30)17-24(18-28)29(2)26-16-25(26)22-9-5-4-6-10-22;3-2(4,5)1-6;1-2/h4-6,9-14,24-26H,3,7-8,15-20H2,1-2H3;1H;1-2H3. The molecule has 8 heteroatoms. The number of carbonyl (C=O) groups is 2. The fourth-order valence-electron chi connectivity index (χ4n) is 6.04. The van der Waals surface area contributed by atoms with E-state index in [0.717, 1.165) is 24.4 Å². The van der Waals surface area contributed by atoms with Gasteiger partial charge in [0, 0.05) is 31.1 Å². The van der Waals surface area contributed by atoms with E-state index >= 15 is 0 Å². The maximum absolute atomic E-state index is 11.8. The van der Waals surface area contributed by atoms with Crippen molar-refractivity contribution < 1.29 is 27.5 Å². The fraction of sp³-hybridized carbons (Fsp3) is 0.562. The molecule has 3 aliphatic rings. The van der Waals surface area contributed by atoms with E-state index in [2.05, 4.69) is 59.3 Å². The van der Waals surface area contributed by atoms with Gasteiger partial charge in [-0.1, -0.05) is 56.3 Å². The lowest BCUT2D eigenvalue weighted by molar-refractivity contribution is -0.156. The highest BCUT2D eigenvalue weighted by Crippen LogP contribution is 2.53. The largest absolute Gasteiger partial charge is 0.462 e. The lowest BCUT2D eigenvalue weighted by Gasteiger charge is -2.61. The van der Waals surface area contributed by atoms with E-state index in [4.69, 9.17) is 9.53 Å². The first-order valence-corrected chi connectivity index (χ1v) is 14.4. The average Bonchev–Trinajstić information content (AvgIpc) is 3.72. The van der Waals surface area contributed by atoms with Crippen molar-refractivity contribution in [2.24, 2.45) is 5.41 Å². The molecular weight excluding hydrogens is 517 g/mol. The number of alkyl halides is 3. The van der Waals surface area contributed by atoms with Gasteiger partial charge in [-0.3, -0.25) is 9.69 Å². The predicted octanol–water partition coefficient (Wildman–Crippen LogP) is 6.52. The molecule has 1 heterocycles. The van der Waals surface area contributed by atoms with Gasteiger partial charge in [0.25, 0.3) is 0 Å². The second-order valence-electron chi connectivity index (χ2n) is 10.9. The van der Waals surface area contributed by atoms with E-state index in [9.17, 15) is 18.0 Å². The number of hydrogen-bond donors (Lipinski definition) is 0. The van der Waals surface area contributed by atoms with Gasteiger partial charge in [0.15, 0.2) is 0 Å². The summed E-state index contributed by atoms with van der Waals surface area (Å²) >= 11 is 0. The van der Waals surface area contributed by atoms with Crippen LogP contribution in [0.15, 0.2) is 54.6 Å². The van der Waals surface area contributed by atoms with Gasteiger partial charge in [-0.25, -0.2) is 4.79 Å². The highest BCUT2D eigenvalue weighted by atomic mass is 19.4. The summed E-state index contributed by atoms with van der Waals surface area (Å²) in [5.41, 5.74) is 4.07. The normalized spacial score (nSPS) is 21.2. The topological polar surface area (TPSA) is 49.9 Å². The first-order chi connectivity index (χ1) is 19.1. The second kappa shape index (κ2) is 14.3. The zero-order valence-electron chi connectivity index (χ0n) is 24.1. The number of halogens is 3. The zero-order chi connectivity index (χ0) is 29.3. The molecule has 0 N–H and O–H groups in total. The van der Waals surface area contributed by atoms with Crippen LogP contribution >= 0.6 is 0 Å². The van der Waals surface area contributed by atoms with Gasteiger partial charge in [-0.15, -0.1) is 0 Å². The number of likely N-dealkylation sites (tertiary alicyclic amines) is 1. The van der Waals surface area contributed by atoms with Gasteiger partial charge in [-0.05, 0) is 81.3 Å². The fourth-order valence-corrected chi connectivity index (χ4v) is 6.04. The molecule has 3 fully saturated rings. The molecule has 2 aromatic rings. The maximum atomic E-state index is 11.8. The van der Waals surface area contributed by atoms with Crippen LogP contribution in [0.5, 0.6) is 0 Å². The molecule has 5 rings (SSSR count). The number of ether oxygens (including phenoxy) is 1. The van der Waals surface area contributed by atoms with Crippen LogP contribution in [-0.4, -0.2) is 73.6 Å². The summed E-state index contributed by atoms with van der Waals surface area (Å²) < 4.78 is 36.3. The smallest absolute Gasteiger partial charge is 0.446 e. The number of likely N-dealkylation sites (N-methyl/N-ethyl adjacent to an activating group) is 1. The minimum absolute atomic E-state index is 0.230. The van der Waals surface area contributed by atoms with Crippen molar-refractivity contribution in [1.82, 2.24) is 9.80 Å². The lowest BCUT2D eigenvalue weighted by atomic mass is 9.60. The van der Waals surface area contributed by atoms with Gasteiger partial charge in [0.05, 0.1) is 12.2 Å². The molecular formula is C32H43F3N2O3. The molecule has 1 saturated heterocycles. The van der Waals surface area contributed by atoms with Crippen LogP contribution in [0, 0.1) is 5.41 Å². The minimum atomic E-state index is -4.64. The van der Waals surface area contributed by atoms with Crippen LogP contribution in [0.2, 0.25) is 0 Å². The average molecular weight is 561 g/mol. The van der Waals surface area contributed by atoms with Crippen LogP contribution in [0.1, 0.15) is 73.9 Å². The summed E-state index contributed by atoms with van der Waals surface area (Å²) in [6, 6.07) is 20.5.